The molecule has 5 heteroatoms. The summed E-state index contributed by atoms with van der Waals surface area (Å²) in [5, 5.41) is 3.95. The quantitative estimate of drug-likeness (QED) is 0.890. The molecule has 0 fully saturated rings. The Morgan fingerprint density at radius 1 is 1.21 bits per heavy atom. The number of halogens is 2. The van der Waals surface area contributed by atoms with Crippen molar-refractivity contribution in [2.75, 3.05) is 5.32 Å². The minimum Gasteiger partial charge on any atom is -0.381 e. The Balaban J connectivity index is 2.06. The van der Waals surface area contributed by atoms with Crippen molar-refractivity contribution in [2.24, 2.45) is 5.73 Å². The Labute approximate surface area is 124 Å². The van der Waals surface area contributed by atoms with E-state index < -0.39 is 5.91 Å². The van der Waals surface area contributed by atoms with Crippen molar-refractivity contribution in [2.45, 2.75) is 6.54 Å². The number of primary amides is 1. The van der Waals surface area contributed by atoms with Gasteiger partial charge in [0.05, 0.1) is 0 Å². The molecule has 0 spiro atoms. The van der Waals surface area contributed by atoms with Crippen molar-refractivity contribution in [3.63, 3.8) is 0 Å². The number of rotatable bonds is 4. The monoisotopic (exact) mass is 338 g/mol. The van der Waals surface area contributed by atoms with Gasteiger partial charge >= 0.3 is 0 Å². The summed E-state index contributed by atoms with van der Waals surface area (Å²) in [4.78, 5) is 11.0. The van der Waals surface area contributed by atoms with Gasteiger partial charge in [-0.1, -0.05) is 27.5 Å². The van der Waals surface area contributed by atoms with Gasteiger partial charge in [-0.25, -0.2) is 0 Å². The average Bonchev–Trinajstić information content (AvgIpc) is 2.40. The maximum Gasteiger partial charge on any atom is 0.248 e. The van der Waals surface area contributed by atoms with Crippen LogP contribution in [0.5, 0.6) is 0 Å². The summed E-state index contributed by atoms with van der Waals surface area (Å²) in [6.45, 7) is 0.636. The molecule has 0 unspecified atom stereocenters. The van der Waals surface area contributed by atoms with Crippen LogP contribution in [-0.2, 0) is 6.54 Å². The highest BCUT2D eigenvalue weighted by Crippen LogP contribution is 2.22. The molecular formula is C14H12BrClN2O. The summed E-state index contributed by atoms with van der Waals surface area (Å²) in [5.41, 5.74) is 7.66. The van der Waals surface area contributed by atoms with E-state index >= 15 is 0 Å². The summed E-state index contributed by atoms with van der Waals surface area (Å²) < 4.78 is 0.998. The Morgan fingerprint density at radius 3 is 2.53 bits per heavy atom. The molecule has 0 aliphatic rings. The molecule has 0 heterocycles. The third kappa shape index (κ3) is 3.72. The molecule has 1 amide bonds. The van der Waals surface area contributed by atoms with Gasteiger partial charge in [0.2, 0.25) is 5.91 Å². The van der Waals surface area contributed by atoms with Crippen LogP contribution in [0.1, 0.15) is 15.9 Å². The normalized spacial score (nSPS) is 10.2. The lowest BCUT2D eigenvalue weighted by molar-refractivity contribution is 0.100. The van der Waals surface area contributed by atoms with Crippen LogP contribution in [0.15, 0.2) is 46.9 Å². The maximum absolute atomic E-state index is 11.0. The van der Waals surface area contributed by atoms with Crippen molar-refractivity contribution >= 4 is 39.1 Å². The summed E-state index contributed by atoms with van der Waals surface area (Å²) >= 11 is 9.43. The van der Waals surface area contributed by atoms with Gasteiger partial charge in [0, 0.05) is 27.3 Å². The highest BCUT2D eigenvalue weighted by Gasteiger charge is 2.02. The van der Waals surface area contributed by atoms with Crippen LogP contribution in [0.3, 0.4) is 0 Å². The van der Waals surface area contributed by atoms with Crippen LogP contribution < -0.4 is 11.1 Å². The SMILES string of the molecule is NC(=O)c1ccc(NCc2cc(Cl)ccc2Br)cc1. The van der Waals surface area contributed by atoms with E-state index in [2.05, 4.69) is 21.2 Å². The molecule has 2 rings (SSSR count). The lowest BCUT2D eigenvalue weighted by Gasteiger charge is -2.09. The zero-order chi connectivity index (χ0) is 13.8. The molecule has 19 heavy (non-hydrogen) atoms. The van der Waals surface area contributed by atoms with Crippen molar-refractivity contribution < 1.29 is 4.79 Å². The van der Waals surface area contributed by atoms with E-state index in [1.165, 1.54) is 0 Å². The minimum absolute atomic E-state index is 0.427. The molecule has 0 aliphatic heterocycles. The first kappa shape index (κ1) is 13.9. The predicted octanol–water partition coefficient (Wildman–Crippen LogP) is 3.81. The molecule has 98 valence electrons. The van der Waals surface area contributed by atoms with E-state index in [1.807, 2.05) is 30.3 Å². The number of amides is 1. The summed E-state index contributed by atoms with van der Waals surface area (Å²) in [6.07, 6.45) is 0. The summed E-state index contributed by atoms with van der Waals surface area (Å²) in [7, 11) is 0. The Hall–Kier alpha value is -1.52. The van der Waals surface area contributed by atoms with Crippen molar-refractivity contribution in [1.82, 2.24) is 0 Å². The number of benzene rings is 2. The smallest absolute Gasteiger partial charge is 0.248 e. The summed E-state index contributed by atoms with van der Waals surface area (Å²) in [5.74, 6) is -0.427. The molecule has 0 bridgehead atoms. The third-order valence-electron chi connectivity index (χ3n) is 2.66. The first-order chi connectivity index (χ1) is 9.06. The van der Waals surface area contributed by atoms with Crippen LogP contribution in [0.2, 0.25) is 5.02 Å². The van der Waals surface area contributed by atoms with Gasteiger partial charge in [0.15, 0.2) is 0 Å². The fourth-order valence-electron chi connectivity index (χ4n) is 1.63. The Bertz CT molecular complexity index is 599. The van der Waals surface area contributed by atoms with Crippen LogP contribution in [0, 0.1) is 0 Å². The molecule has 3 nitrogen and oxygen atoms in total. The zero-order valence-electron chi connectivity index (χ0n) is 9.99. The van der Waals surface area contributed by atoms with Gasteiger partial charge in [0.25, 0.3) is 0 Å². The Kier molecular flexibility index (Phi) is 4.45. The van der Waals surface area contributed by atoms with Crippen molar-refractivity contribution in [3.8, 4) is 0 Å². The Morgan fingerprint density at radius 2 is 1.89 bits per heavy atom. The van der Waals surface area contributed by atoms with E-state index in [1.54, 1.807) is 12.1 Å². The number of hydrogen-bond acceptors (Lipinski definition) is 2. The predicted molar refractivity (Wildman–Crippen MR) is 81.4 cm³/mol. The lowest BCUT2D eigenvalue weighted by atomic mass is 10.2. The molecule has 3 N–H and O–H groups in total. The topological polar surface area (TPSA) is 55.1 Å². The second-order valence-electron chi connectivity index (χ2n) is 4.03. The third-order valence-corrected chi connectivity index (χ3v) is 3.67. The molecule has 0 radical (unpaired) electrons. The second-order valence-corrected chi connectivity index (χ2v) is 5.32. The minimum atomic E-state index is -0.427. The van der Waals surface area contributed by atoms with Crippen LogP contribution in [0.4, 0.5) is 5.69 Å². The first-order valence-corrected chi connectivity index (χ1v) is 6.81. The van der Waals surface area contributed by atoms with E-state index in [0.717, 1.165) is 15.7 Å². The number of hydrogen-bond donors (Lipinski definition) is 2. The van der Waals surface area contributed by atoms with Crippen molar-refractivity contribution in [1.29, 1.82) is 0 Å². The largest absolute Gasteiger partial charge is 0.381 e. The average molecular weight is 340 g/mol. The molecule has 0 saturated carbocycles. The summed E-state index contributed by atoms with van der Waals surface area (Å²) in [6, 6.07) is 12.7. The van der Waals surface area contributed by atoms with E-state index in [0.29, 0.717) is 17.1 Å². The van der Waals surface area contributed by atoms with Gasteiger partial charge in [-0.3, -0.25) is 4.79 Å². The second kappa shape index (κ2) is 6.08. The van der Waals surface area contributed by atoms with Crippen LogP contribution >= 0.6 is 27.5 Å². The fourth-order valence-corrected chi connectivity index (χ4v) is 2.21. The van der Waals surface area contributed by atoms with E-state index in [-0.39, 0.29) is 0 Å². The van der Waals surface area contributed by atoms with Crippen LogP contribution in [0.25, 0.3) is 0 Å². The number of carbonyl (C=O) groups is 1. The first-order valence-electron chi connectivity index (χ1n) is 5.64. The lowest BCUT2D eigenvalue weighted by Crippen LogP contribution is -2.10. The molecule has 0 atom stereocenters. The van der Waals surface area contributed by atoms with E-state index in [4.69, 9.17) is 17.3 Å². The number of anilines is 1. The number of carbonyl (C=O) groups excluding carboxylic acids is 1. The van der Waals surface area contributed by atoms with Crippen molar-refractivity contribution in [3.05, 3.63) is 63.1 Å². The van der Waals surface area contributed by atoms with Gasteiger partial charge in [-0.2, -0.15) is 0 Å². The maximum atomic E-state index is 11.0. The van der Waals surface area contributed by atoms with E-state index in [9.17, 15) is 4.79 Å². The zero-order valence-corrected chi connectivity index (χ0v) is 12.3. The highest BCUT2D eigenvalue weighted by molar-refractivity contribution is 9.10. The van der Waals surface area contributed by atoms with Gasteiger partial charge in [-0.05, 0) is 48.0 Å². The highest BCUT2D eigenvalue weighted by atomic mass is 79.9. The standard InChI is InChI=1S/C14H12BrClN2O/c15-13-6-3-11(16)7-10(13)8-18-12-4-1-9(2-5-12)14(17)19/h1-7,18H,8H2,(H2,17,19). The van der Waals surface area contributed by atoms with Gasteiger partial charge in [-0.15, -0.1) is 0 Å². The molecule has 0 aliphatic carbocycles. The molecule has 2 aromatic rings. The van der Waals surface area contributed by atoms with Crippen LogP contribution in [-0.4, -0.2) is 5.91 Å². The molecular weight excluding hydrogens is 328 g/mol. The van der Waals surface area contributed by atoms with Gasteiger partial charge < -0.3 is 11.1 Å². The molecule has 0 saturated heterocycles. The number of nitrogens with two attached hydrogens (primary N) is 1. The van der Waals surface area contributed by atoms with Gasteiger partial charge in [0.1, 0.15) is 0 Å². The molecule has 2 aromatic carbocycles. The fraction of sp³-hybridized carbons (Fsp3) is 0.0714. The molecule has 0 aromatic heterocycles. The number of nitrogens with one attached hydrogen (secondary N) is 1.